The molecule has 3 heterocycles. The molecule has 3 aromatic rings. The molecule has 0 bridgehead atoms. The highest BCUT2D eigenvalue weighted by Crippen LogP contribution is 2.37. The summed E-state index contributed by atoms with van der Waals surface area (Å²) in [6.07, 6.45) is 7.16. The molecule has 31 heavy (non-hydrogen) atoms. The molecule has 0 saturated heterocycles. The molecule has 1 unspecified atom stereocenters. The largest absolute Gasteiger partial charge is 0.355 e. The van der Waals surface area contributed by atoms with Gasteiger partial charge in [-0.3, -0.25) is 9.59 Å². The van der Waals surface area contributed by atoms with E-state index in [1.165, 1.54) is 36.7 Å². The van der Waals surface area contributed by atoms with Crippen LogP contribution in [0.1, 0.15) is 38.9 Å². The number of amides is 1. The Labute approximate surface area is 182 Å². The van der Waals surface area contributed by atoms with E-state index >= 15 is 0 Å². The van der Waals surface area contributed by atoms with Gasteiger partial charge in [0.15, 0.2) is 5.78 Å². The van der Waals surface area contributed by atoms with Crippen LogP contribution in [-0.4, -0.2) is 28.7 Å². The van der Waals surface area contributed by atoms with Crippen LogP contribution in [0.3, 0.4) is 0 Å². The number of carbonyl (C=O) groups is 2. The maximum atomic E-state index is 13.1. The normalized spacial score (nSPS) is 14.8. The number of ketones is 1. The van der Waals surface area contributed by atoms with Gasteiger partial charge in [-0.05, 0) is 24.6 Å². The van der Waals surface area contributed by atoms with Crippen LogP contribution < -0.4 is 16.0 Å². The SMILES string of the molecule is CCC1C=Cc2scc(Nc3cc(Nc4ccc(F)cn4)ncc3C(=O)NC)c2C1=O. The summed E-state index contributed by atoms with van der Waals surface area (Å²) in [4.78, 5) is 34.4. The lowest BCUT2D eigenvalue weighted by molar-refractivity contribution is 0.0940. The number of hydrogen-bond donors (Lipinski definition) is 3. The van der Waals surface area contributed by atoms with Crippen molar-refractivity contribution >= 4 is 52.1 Å². The Balaban J connectivity index is 1.69. The highest BCUT2D eigenvalue weighted by atomic mass is 32.1. The number of Topliss-reactive ketones (excluding diaryl/α,β-unsaturated/α-hetero) is 1. The van der Waals surface area contributed by atoms with E-state index < -0.39 is 5.82 Å². The summed E-state index contributed by atoms with van der Waals surface area (Å²) in [6.45, 7) is 1.98. The number of rotatable bonds is 6. The first-order valence-electron chi connectivity index (χ1n) is 9.71. The molecule has 7 nitrogen and oxygen atoms in total. The number of halogens is 1. The zero-order valence-electron chi connectivity index (χ0n) is 16.9. The van der Waals surface area contributed by atoms with Crippen molar-refractivity contribution < 1.29 is 14.0 Å². The lowest BCUT2D eigenvalue weighted by atomic mass is 9.90. The highest BCUT2D eigenvalue weighted by Gasteiger charge is 2.27. The smallest absolute Gasteiger partial charge is 0.254 e. The third-order valence-electron chi connectivity index (χ3n) is 4.95. The maximum absolute atomic E-state index is 13.1. The molecule has 0 fully saturated rings. The Hall–Kier alpha value is -3.59. The van der Waals surface area contributed by atoms with Crippen LogP contribution in [0.4, 0.5) is 27.4 Å². The van der Waals surface area contributed by atoms with Gasteiger partial charge in [-0.15, -0.1) is 11.3 Å². The van der Waals surface area contributed by atoms with E-state index in [1.807, 2.05) is 24.5 Å². The van der Waals surface area contributed by atoms with Gasteiger partial charge < -0.3 is 16.0 Å². The van der Waals surface area contributed by atoms with Crippen molar-refractivity contribution in [1.82, 2.24) is 15.3 Å². The summed E-state index contributed by atoms with van der Waals surface area (Å²) in [6, 6.07) is 4.43. The average Bonchev–Trinajstić information content (AvgIpc) is 3.19. The molecule has 0 spiro atoms. The standard InChI is InChI=1S/C22H20FN5O2S/c1-3-12-4-6-17-20(21(12)29)16(11-31-17)27-15-8-19(26-10-14(15)22(30)24-2)28-18-7-5-13(23)9-25-18/h4-12H,3H2,1-2H3,(H,24,30)(H2,25,26,27,28). The van der Waals surface area contributed by atoms with Gasteiger partial charge in [0.25, 0.3) is 5.91 Å². The minimum absolute atomic E-state index is 0.0631. The molecule has 0 aliphatic heterocycles. The van der Waals surface area contributed by atoms with E-state index in [1.54, 1.807) is 6.07 Å². The fraction of sp³-hybridized carbons (Fsp3) is 0.182. The molecule has 0 aromatic carbocycles. The molecule has 1 aliphatic carbocycles. The Morgan fingerprint density at radius 2 is 1.97 bits per heavy atom. The van der Waals surface area contributed by atoms with E-state index in [0.717, 1.165) is 17.5 Å². The van der Waals surface area contributed by atoms with E-state index in [0.29, 0.717) is 34.1 Å². The Kier molecular flexibility index (Phi) is 5.77. The predicted molar refractivity (Wildman–Crippen MR) is 120 cm³/mol. The van der Waals surface area contributed by atoms with Gasteiger partial charge in [0.1, 0.15) is 17.5 Å². The van der Waals surface area contributed by atoms with E-state index in [9.17, 15) is 14.0 Å². The first-order chi connectivity index (χ1) is 15.0. The lowest BCUT2D eigenvalue weighted by Gasteiger charge is -2.17. The third kappa shape index (κ3) is 4.17. The van der Waals surface area contributed by atoms with Crippen molar-refractivity contribution in [1.29, 1.82) is 0 Å². The van der Waals surface area contributed by atoms with Crippen molar-refractivity contribution in [2.45, 2.75) is 13.3 Å². The molecular weight excluding hydrogens is 417 g/mol. The van der Waals surface area contributed by atoms with Crippen LogP contribution in [0, 0.1) is 11.7 Å². The van der Waals surface area contributed by atoms with Gasteiger partial charge in [0, 0.05) is 35.5 Å². The zero-order chi connectivity index (χ0) is 22.0. The summed E-state index contributed by atoms with van der Waals surface area (Å²) in [5.41, 5.74) is 2.09. The number of aromatic nitrogens is 2. The van der Waals surface area contributed by atoms with Crippen LogP contribution in [0.2, 0.25) is 0 Å². The molecule has 4 rings (SSSR count). The van der Waals surface area contributed by atoms with Gasteiger partial charge in [-0.2, -0.15) is 0 Å². The van der Waals surface area contributed by atoms with E-state index in [4.69, 9.17) is 0 Å². The minimum Gasteiger partial charge on any atom is -0.355 e. The molecular formula is C22H20FN5O2S. The number of carbonyl (C=O) groups excluding carboxylic acids is 2. The fourth-order valence-electron chi connectivity index (χ4n) is 3.31. The van der Waals surface area contributed by atoms with Crippen molar-refractivity contribution in [3.8, 4) is 0 Å². The molecule has 9 heteroatoms. The van der Waals surface area contributed by atoms with E-state index in [-0.39, 0.29) is 17.6 Å². The van der Waals surface area contributed by atoms with Gasteiger partial charge in [0.2, 0.25) is 0 Å². The first kappa shape index (κ1) is 20.7. The molecule has 0 radical (unpaired) electrons. The monoisotopic (exact) mass is 437 g/mol. The Morgan fingerprint density at radius 3 is 2.68 bits per heavy atom. The quantitative estimate of drug-likeness (QED) is 0.515. The number of anilines is 4. The summed E-state index contributed by atoms with van der Waals surface area (Å²) >= 11 is 1.47. The van der Waals surface area contributed by atoms with Crippen molar-refractivity contribution in [2.24, 2.45) is 5.92 Å². The molecule has 3 N–H and O–H groups in total. The van der Waals surface area contributed by atoms with Crippen LogP contribution in [0.15, 0.2) is 42.0 Å². The predicted octanol–water partition coefficient (Wildman–Crippen LogP) is 4.76. The molecule has 1 aliphatic rings. The van der Waals surface area contributed by atoms with Crippen LogP contribution >= 0.6 is 11.3 Å². The van der Waals surface area contributed by atoms with Crippen molar-refractivity contribution in [3.63, 3.8) is 0 Å². The Bertz CT molecular complexity index is 1170. The van der Waals surface area contributed by atoms with E-state index in [2.05, 4.69) is 25.9 Å². The number of pyridine rings is 2. The summed E-state index contributed by atoms with van der Waals surface area (Å²) in [5, 5.41) is 10.7. The molecule has 3 aromatic heterocycles. The fourth-order valence-corrected chi connectivity index (χ4v) is 4.22. The van der Waals surface area contributed by atoms with Crippen molar-refractivity contribution in [3.05, 3.63) is 63.9 Å². The average molecular weight is 438 g/mol. The van der Waals surface area contributed by atoms with Gasteiger partial charge in [0.05, 0.1) is 28.7 Å². The van der Waals surface area contributed by atoms with Gasteiger partial charge in [-0.1, -0.05) is 13.0 Å². The number of hydrogen-bond acceptors (Lipinski definition) is 7. The maximum Gasteiger partial charge on any atom is 0.254 e. The zero-order valence-corrected chi connectivity index (χ0v) is 17.7. The van der Waals surface area contributed by atoms with Crippen LogP contribution in [0.5, 0.6) is 0 Å². The number of fused-ring (bicyclic) bond motifs is 1. The first-order valence-corrected chi connectivity index (χ1v) is 10.6. The highest BCUT2D eigenvalue weighted by molar-refractivity contribution is 7.12. The second kappa shape index (κ2) is 8.65. The van der Waals surface area contributed by atoms with Crippen molar-refractivity contribution in [2.75, 3.05) is 17.7 Å². The number of nitrogens with one attached hydrogen (secondary N) is 3. The van der Waals surface area contributed by atoms with Gasteiger partial charge in [-0.25, -0.2) is 14.4 Å². The third-order valence-corrected chi connectivity index (χ3v) is 5.90. The van der Waals surface area contributed by atoms with Crippen LogP contribution in [-0.2, 0) is 0 Å². The summed E-state index contributed by atoms with van der Waals surface area (Å²) in [5.74, 6) is -0.0265. The summed E-state index contributed by atoms with van der Waals surface area (Å²) < 4.78 is 13.1. The van der Waals surface area contributed by atoms with Gasteiger partial charge >= 0.3 is 0 Å². The molecule has 158 valence electrons. The molecule has 1 atom stereocenters. The Morgan fingerprint density at radius 1 is 1.16 bits per heavy atom. The van der Waals surface area contributed by atoms with Crippen LogP contribution in [0.25, 0.3) is 6.08 Å². The second-order valence-electron chi connectivity index (χ2n) is 6.93. The number of allylic oxidation sites excluding steroid dienone is 1. The topological polar surface area (TPSA) is 96.0 Å². The minimum atomic E-state index is -0.442. The lowest BCUT2D eigenvalue weighted by Crippen LogP contribution is -2.20. The second-order valence-corrected chi connectivity index (χ2v) is 7.84. The number of nitrogens with zero attached hydrogens (tertiary/aromatic N) is 2. The number of thiophene rings is 1. The summed E-state index contributed by atoms with van der Waals surface area (Å²) in [7, 11) is 1.54. The molecule has 0 saturated carbocycles. The molecule has 1 amide bonds.